The number of benzene rings is 1. The summed E-state index contributed by atoms with van der Waals surface area (Å²) in [6.45, 7) is 1.01. The fraction of sp³-hybridized carbons (Fsp3) is 0.364. The smallest absolute Gasteiger partial charge is 0.251 e. The molecule has 0 aromatic heterocycles. The minimum atomic E-state index is -0.0696. The summed E-state index contributed by atoms with van der Waals surface area (Å²) >= 11 is 0. The number of carbonyl (C=O) groups is 1. The van der Waals surface area contributed by atoms with E-state index >= 15 is 0 Å². The predicted octanol–water partition coefficient (Wildman–Crippen LogP) is 0.0925. The van der Waals surface area contributed by atoms with Crippen LogP contribution in [0.4, 0.5) is 0 Å². The lowest BCUT2D eigenvalue weighted by Gasteiger charge is -2.09. The van der Waals surface area contributed by atoms with E-state index in [9.17, 15) is 4.79 Å². The van der Waals surface area contributed by atoms with Crippen LogP contribution in [0.3, 0.4) is 0 Å². The van der Waals surface area contributed by atoms with Crippen LogP contribution in [0, 0.1) is 0 Å². The summed E-state index contributed by atoms with van der Waals surface area (Å²) in [7, 11) is 0. The van der Waals surface area contributed by atoms with E-state index in [2.05, 4.69) is 5.32 Å². The molecule has 0 spiro atoms. The van der Waals surface area contributed by atoms with Crippen LogP contribution in [0.5, 0.6) is 0 Å². The van der Waals surface area contributed by atoms with Gasteiger partial charge in [-0.1, -0.05) is 18.2 Å². The number of nitrogens with one attached hydrogen (secondary N) is 1. The molecular weight excluding hydrogens is 190 g/mol. The highest BCUT2D eigenvalue weighted by atomic mass is 16.1. The van der Waals surface area contributed by atoms with E-state index in [1.165, 1.54) is 0 Å². The molecule has 5 N–H and O–H groups in total. The van der Waals surface area contributed by atoms with Gasteiger partial charge in [0.25, 0.3) is 5.91 Å². The molecular formula is C11H17N3O. The summed E-state index contributed by atoms with van der Waals surface area (Å²) < 4.78 is 0. The summed E-state index contributed by atoms with van der Waals surface area (Å²) in [5, 5.41) is 2.79. The van der Waals surface area contributed by atoms with Gasteiger partial charge in [0.2, 0.25) is 0 Å². The summed E-state index contributed by atoms with van der Waals surface area (Å²) in [5.41, 5.74) is 11.6. The Labute approximate surface area is 89.6 Å². The maximum Gasteiger partial charge on any atom is 0.251 e. The number of rotatable bonds is 5. The molecule has 0 saturated heterocycles. The molecule has 0 bridgehead atoms. The third-order valence-electron chi connectivity index (χ3n) is 2.14. The Morgan fingerprint density at radius 3 is 2.60 bits per heavy atom. The molecule has 0 aliphatic carbocycles. The molecule has 1 aromatic rings. The number of amides is 1. The van der Waals surface area contributed by atoms with Crippen molar-refractivity contribution in [1.29, 1.82) is 0 Å². The molecule has 1 aromatic carbocycles. The molecule has 82 valence electrons. The van der Waals surface area contributed by atoms with Gasteiger partial charge in [-0.25, -0.2) is 0 Å². The number of nitrogens with two attached hydrogens (primary N) is 2. The molecule has 4 nitrogen and oxygen atoms in total. The lowest BCUT2D eigenvalue weighted by molar-refractivity contribution is 0.0952. The van der Waals surface area contributed by atoms with E-state index in [1.807, 2.05) is 18.2 Å². The van der Waals surface area contributed by atoms with E-state index in [0.29, 0.717) is 25.1 Å². The van der Waals surface area contributed by atoms with Crippen molar-refractivity contribution in [3.63, 3.8) is 0 Å². The standard InChI is InChI=1S/C11H17N3O/c12-8-10(13)6-7-14-11(15)9-4-2-1-3-5-9/h1-5,10H,6-8,12-13H2,(H,14,15). The van der Waals surface area contributed by atoms with Crippen molar-refractivity contribution in [2.75, 3.05) is 13.1 Å². The van der Waals surface area contributed by atoms with E-state index < -0.39 is 0 Å². The lowest BCUT2D eigenvalue weighted by Crippen LogP contribution is -2.34. The maximum atomic E-state index is 11.5. The van der Waals surface area contributed by atoms with Crippen molar-refractivity contribution in [2.24, 2.45) is 11.5 Å². The second-order valence-electron chi connectivity index (χ2n) is 3.41. The van der Waals surface area contributed by atoms with Gasteiger partial charge in [0.15, 0.2) is 0 Å². The van der Waals surface area contributed by atoms with E-state index in [1.54, 1.807) is 12.1 Å². The number of hydrogen-bond donors (Lipinski definition) is 3. The van der Waals surface area contributed by atoms with Gasteiger partial charge >= 0.3 is 0 Å². The first-order valence-corrected chi connectivity index (χ1v) is 5.03. The summed E-state index contributed by atoms with van der Waals surface area (Å²) in [5.74, 6) is -0.0696. The average molecular weight is 207 g/mol. The summed E-state index contributed by atoms with van der Waals surface area (Å²) in [6.07, 6.45) is 0.703. The Balaban J connectivity index is 2.31. The molecule has 1 amide bonds. The minimum absolute atomic E-state index is 0.0407. The zero-order chi connectivity index (χ0) is 11.1. The van der Waals surface area contributed by atoms with Gasteiger partial charge in [-0.15, -0.1) is 0 Å². The molecule has 0 radical (unpaired) electrons. The highest BCUT2D eigenvalue weighted by molar-refractivity contribution is 5.94. The Hall–Kier alpha value is -1.39. The van der Waals surface area contributed by atoms with Crippen LogP contribution in [-0.4, -0.2) is 25.0 Å². The molecule has 0 fully saturated rings. The van der Waals surface area contributed by atoms with Crippen LogP contribution >= 0.6 is 0 Å². The fourth-order valence-electron chi connectivity index (χ4n) is 1.18. The zero-order valence-corrected chi connectivity index (χ0v) is 8.65. The fourth-order valence-corrected chi connectivity index (χ4v) is 1.18. The van der Waals surface area contributed by atoms with Gasteiger partial charge in [-0.05, 0) is 18.6 Å². The van der Waals surface area contributed by atoms with E-state index in [0.717, 1.165) is 0 Å². The molecule has 1 rings (SSSR count). The van der Waals surface area contributed by atoms with Crippen LogP contribution in [-0.2, 0) is 0 Å². The lowest BCUT2D eigenvalue weighted by atomic mass is 10.2. The second kappa shape index (κ2) is 6.16. The minimum Gasteiger partial charge on any atom is -0.352 e. The topological polar surface area (TPSA) is 81.1 Å². The Bertz CT molecular complexity index is 300. The van der Waals surface area contributed by atoms with Crippen LogP contribution in [0.15, 0.2) is 30.3 Å². The molecule has 0 saturated carbocycles. The number of hydrogen-bond acceptors (Lipinski definition) is 3. The number of carbonyl (C=O) groups excluding carboxylic acids is 1. The highest BCUT2D eigenvalue weighted by Gasteiger charge is 2.04. The van der Waals surface area contributed by atoms with Crippen molar-refractivity contribution in [3.8, 4) is 0 Å². The summed E-state index contributed by atoms with van der Waals surface area (Å²) in [4.78, 5) is 11.5. The first-order valence-electron chi connectivity index (χ1n) is 5.03. The zero-order valence-electron chi connectivity index (χ0n) is 8.65. The van der Waals surface area contributed by atoms with E-state index in [4.69, 9.17) is 11.5 Å². The SMILES string of the molecule is NCC(N)CCNC(=O)c1ccccc1. The van der Waals surface area contributed by atoms with Gasteiger partial charge in [-0.2, -0.15) is 0 Å². The average Bonchev–Trinajstić information content (AvgIpc) is 2.29. The van der Waals surface area contributed by atoms with Gasteiger partial charge in [0, 0.05) is 24.7 Å². The molecule has 1 atom stereocenters. The quantitative estimate of drug-likeness (QED) is 0.640. The molecule has 15 heavy (non-hydrogen) atoms. The molecule has 0 aliphatic rings. The van der Waals surface area contributed by atoms with Crippen molar-refractivity contribution in [3.05, 3.63) is 35.9 Å². The predicted molar refractivity (Wildman–Crippen MR) is 60.4 cm³/mol. The van der Waals surface area contributed by atoms with Crippen LogP contribution in [0.25, 0.3) is 0 Å². The van der Waals surface area contributed by atoms with Gasteiger partial charge < -0.3 is 16.8 Å². The molecule has 1 unspecified atom stereocenters. The maximum absolute atomic E-state index is 11.5. The molecule has 0 heterocycles. The van der Waals surface area contributed by atoms with Crippen LogP contribution in [0.2, 0.25) is 0 Å². The Morgan fingerprint density at radius 2 is 2.00 bits per heavy atom. The van der Waals surface area contributed by atoms with Crippen LogP contribution < -0.4 is 16.8 Å². The van der Waals surface area contributed by atoms with Gasteiger partial charge in [0.1, 0.15) is 0 Å². The highest BCUT2D eigenvalue weighted by Crippen LogP contribution is 1.97. The van der Waals surface area contributed by atoms with Gasteiger partial charge in [0.05, 0.1) is 0 Å². The van der Waals surface area contributed by atoms with Crippen LogP contribution in [0.1, 0.15) is 16.8 Å². The Kier molecular flexibility index (Phi) is 4.80. The van der Waals surface area contributed by atoms with E-state index in [-0.39, 0.29) is 11.9 Å². The first-order chi connectivity index (χ1) is 7.24. The normalized spacial score (nSPS) is 12.1. The second-order valence-corrected chi connectivity index (χ2v) is 3.41. The molecule has 4 heteroatoms. The van der Waals surface area contributed by atoms with Crippen molar-refractivity contribution in [1.82, 2.24) is 5.32 Å². The Morgan fingerprint density at radius 1 is 1.33 bits per heavy atom. The first kappa shape index (κ1) is 11.7. The third-order valence-corrected chi connectivity index (χ3v) is 2.14. The van der Waals surface area contributed by atoms with Gasteiger partial charge in [-0.3, -0.25) is 4.79 Å². The third kappa shape index (κ3) is 4.10. The largest absolute Gasteiger partial charge is 0.352 e. The summed E-state index contributed by atoms with van der Waals surface area (Å²) in [6, 6.07) is 9.06. The van der Waals surface area contributed by atoms with Crippen molar-refractivity contribution in [2.45, 2.75) is 12.5 Å². The molecule has 0 aliphatic heterocycles. The monoisotopic (exact) mass is 207 g/mol. The van der Waals surface area contributed by atoms with Crippen molar-refractivity contribution < 1.29 is 4.79 Å². The van der Waals surface area contributed by atoms with Crippen molar-refractivity contribution >= 4 is 5.91 Å².